The van der Waals surface area contributed by atoms with E-state index >= 15 is 0 Å². The van der Waals surface area contributed by atoms with E-state index in [1.165, 1.54) is 16.7 Å². The number of nitrogens with zero attached hydrogens (tertiary/aromatic N) is 4. The zero-order valence-electron chi connectivity index (χ0n) is 27.7. The van der Waals surface area contributed by atoms with Gasteiger partial charge in [-0.2, -0.15) is 5.26 Å². The molecule has 1 unspecified atom stereocenters. The van der Waals surface area contributed by atoms with Crippen molar-refractivity contribution in [2.24, 2.45) is 0 Å². The van der Waals surface area contributed by atoms with E-state index in [9.17, 15) is 5.26 Å². The standard InChI is InChI=1S/C37H44N4O4S.ClH/c1-28-8-11-32(12-9-28)46-37(26-38,31-10-13-33(42-2)35(24-31)44-4)15-6-5-7-17-40-18-14-29-22-34(43-3)36(23-30(29)25-40)45-21-20-41-19-16-39-27-41;/h8-13,16,19,22-24,27H,5-7,14-15,17-18,20-21,25H2,1-4H3;1H. The average Bonchev–Trinajstić information content (AvgIpc) is 3.61. The molecule has 1 aliphatic rings. The molecule has 0 saturated heterocycles. The number of fused-ring (bicyclic) bond motifs is 1. The highest BCUT2D eigenvalue weighted by atomic mass is 35.5. The smallest absolute Gasteiger partial charge is 0.161 e. The van der Waals surface area contributed by atoms with E-state index in [4.69, 9.17) is 18.9 Å². The first-order chi connectivity index (χ1) is 22.5. The molecule has 10 heteroatoms. The van der Waals surface area contributed by atoms with Crippen LogP contribution in [-0.2, 0) is 24.3 Å². The maximum Gasteiger partial charge on any atom is 0.161 e. The molecule has 5 rings (SSSR count). The summed E-state index contributed by atoms with van der Waals surface area (Å²) in [5.41, 5.74) is 4.77. The zero-order chi connectivity index (χ0) is 32.4. The van der Waals surface area contributed by atoms with Gasteiger partial charge in [0.25, 0.3) is 0 Å². The van der Waals surface area contributed by atoms with Gasteiger partial charge in [-0.15, -0.1) is 12.4 Å². The fourth-order valence-corrected chi connectivity index (χ4v) is 7.16. The minimum atomic E-state index is -0.744. The Kier molecular flexibility index (Phi) is 13.3. The van der Waals surface area contributed by atoms with Gasteiger partial charge in [-0.25, -0.2) is 4.98 Å². The van der Waals surface area contributed by atoms with Crippen molar-refractivity contribution in [3.8, 4) is 29.1 Å². The van der Waals surface area contributed by atoms with Crippen LogP contribution in [0.15, 0.2) is 78.2 Å². The Balaban J connectivity index is 0.00000500. The predicted octanol–water partition coefficient (Wildman–Crippen LogP) is 7.85. The summed E-state index contributed by atoms with van der Waals surface area (Å²) in [6.07, 6.45) is 10.3. The first-order valence-electron chi connectivity index (χ1n) is 15.9. The molecule has 0 N–H and O–H groups in total. The van der Waals surface area contributed by atoms with Crippen LogP contribution in [0.4, 0.5) is 0 Å². The number of imidazole rings is 1. The molecular weight excluding hydrogens is 632 g/mol. The quantitative estimate of drug-likeness (QED) is 0.0877. The van der Waals surface area contributed by atoms with E-state index in [0.29, 0.717) is 18.1 Å². The molecule has 1 aromatic heterocycles. The van der Waals surface area contributed by atoms with Crippen molar-refractivity contribution in [2.75, 3.05) is 41.0 Å². The van der Waals surface area contributed by atoms with E-state index in [2.05, 4.69) is 59.3 Å². The Morgan fingerprint density at radius 2 is 1.62 bits per heavy atom. The van der Waals surface area contributed by atoms with Crippen LogP contribution in [0.5, 0.6) is 23.0 Å². The lowest BCUT2D eigenvalue weighted by Crippen LogP contribution is -2.31. The molecule has 8 nitrogen and oxygen atoms in total. The van der Waals surface area contributed by atoms with Crippen LogP contribution in [0, 0.1) is 18.3 Å². The monoisotopic (exact) mass is 676 g/mol. The fourth-order valence-electron chi connectivity index (χ4n) is 5.94. The summed E-state index contributed by atoms with van der Waals surface area (Å²) in [7, 11) is 4.96. The third-order valence-electron chi connectivity index (χ3n) is 8.59. The Morgan fingerprint density at radius 3 is 2.32 bits per heavy atom. The van der Waals surface area contributed by atoms with Gasteiger partial charge in [-0.3, -0.25) is 4.90 Å². The van der Waals surface area contributed by atoms with Crippen LogP contribution < -0.4 is 18.9 Å². The molecule has 1 aliphatic heterocycles. The SMILES string of the molecule is COc1ccc(C(C#N)(CCCCCN2CCc3cc(OC)c(OCCn4ccnc4)cc3C2)Sc2ccc(C)cc2)cc1OC.Cl. The number of hydrogen-bond acceptors (Lipinski definition) is 8. The normalized spacial score (nSPS) is 13.9. The summed E-state index contributed by atoms with van der Waals surface area (Å²) in [5.74, 6) is 2.88. The number of unbranched alkanes of at least 4 members (excludes halogenated alkanes) is 2. The second kappa shape index (κ2) is 17.4. The predicted molar refractivity (Wildman–Crippen MR) is 189 cm³/mol. The lowest BCUT2D eigenvalue weighted by atomic mass is 9.92. The van der Waals surface area contributed by atoms with Gasteiger partial charge in [-0.05, 0) is 85.8 Å². The van der Waals surface area contributed by atoms with Crippen molar-refractivity contribution < 1.29 is 18.9 Å². The van der Waals surface area contributed by atoms with Gasteiger partial charge >= 0.3 is 0 Å². The van der Waals surface area contributed by atoms with Gasteiger partial charge < -0.3 is 23.5 Å². The summed E-state index contributed by atoms with van der Waals surface area (Å²) < 4.78 is 24.1. The minimum Gasteiger partial charge on any atom is -0.493 e. The molecule has 0 aliphatic carbocycles. The molecule has 3 aromatic carbocycles. The molecular formula is C37H45ClN4O4S. The van der Waals surface area contributed by atoms with E-state index in [1.54, 1.807) is 45.6 Å². The van der Waals surface area contributed by atoms with Gasteiger partial charge in [0.15, 0.2) is 23.0 Å². The number of rotatable bonds is 16. The Bertz CT molecular complexity index is 1610. The largest absolute Gasteiger partial charge is 0.493 e. The lowest BCUT2D eigenvalue weighted by molar-refractivity contribution is 0.244. The van der Waals surface area contributed by atoms with Crippen molar-refractivity contribution in [3.05, 3.63) is 95.6 Å². The van der Waals surface area contributed by atoms with Crippen LogP contribution in [0.25, 0.3) is 0 Å². The van der Waals surface area contributed by atoms with E-state index < -0.39 is 4.75 Å². The van der Waals surface area contributed by atoms with Crippen LogP contribution in [0.2, 0.25) is 0 Å². The molecule has 0 saturated carbocycles. The van der Waals surface area contributed by atoms with Crippen molar-refractivity contribution >= 4 is 24.2 Å². The summed E-state index contributed by atoms with van der Waals surface area (Å²) in [4.78, 5) is 7.70. The number of aromatic nitrogens is 2. The fraction of sp³-hybridized carbons (Fsp3) is 0.405. The van der Waals surface area contributed by atoms with Gasteiger partial charge in [-0.1, -0.05) is 48.4 Å². The van der Waals surface area contributed by atoms with Gasteiger partial charge in [0.05, 0.1) is 40.3 Å². The number of benzene rings is 3. The molecule has 0 bridgehead atoms. The second-order valence-corrected chi connectivity index (χ2v) is 13.1. The maximum atomic E-state index is 10.7. The summed E-state index contributed by atoms with van der Waals surface area (Å²) >= 11 is 1.62. The molecule has 0 fully saturated rings. The number of nitriles is 1. The lowest BCUT2D eigenvalue weighted by Gasteiger charge is -2.30. The molecule has 0 spiro atoms. The Morgan fingerprint density at radius 1 is 0.872 bits per heavy atom. The van der Waals surface area contributed by atoms with Crippen LogP contribution in [0.3, 0.4) is 0 Å². The number of methoxy groups -OCH3 is 3. The minimum absolute atomic E-state index is 0. The van der Waals surface area contributed by atoms with E-state index in [1.807, 2.05) is 29.0 Å². The number of halogens is 1. The topological polar surface area (TPSA) is 81.8 Å². The summed E-state index contributed by atoms with van der Waals surface area (Å²) in [6.45, 7) is 6.29. The average molecular weight is 677 g/mol. The molecule has 250 valence electrons. The summed E-state index contributed by atoms with van der Waals surface area (Å²) in [6, 6.07) is 21.3. The number of ether oxygens (including phenoxy) is 4. The number of aryl methyl sites for hydroxylation is 1. The zero-order valence-corrected chi connectivity index (χ0v) is 29.4. The maximum absolute atomic E-state index is 10.7. The third-order valence-corrected chi connectivity index (χ3v) is 9.98. The van der Waals surface area contributed by atoms with Gasteiger partial charge in [0.2, 0.25) is 0 Å². The van der Waals surface area contributed by atoms with Crippen molar-refractivity contribution in [1.82, 2.24) is 14.5 Å². The highest BCUT2D eigenvalue weighted by molar-refractivity contribution is 8.00. The van der Waals surface area contributed by atoms with Gasteiger partial charge in [0.1, 0.15) is 11.4 Å². The van der Waals surface area contributed by atoms with E-state index in [-0.39, 0.29) is 12.4 Å². The molecule has 4 aromatic rings. The molecule has 0 radical (unpaired) electrons. The van der Waals surface area contributed by atoms with Crippen molar-refractivity contribution in [2.45, 2.75) is 61.8 Å². The number of hydrogen-bond donors (Lipinski definition) is 0. The first-order valence-corrected chi connectivity index (χ1v) is 16.7. The Hall–Kier alpha value is -3.84. The molecule has 2 heterocycles. The van der Waals surface area contributed by atoms with Crippen LogP contribution in [0.1, 0.15) is 47.9 Å². The highest BCUT2D eigenvalue weighted by Gasteiger charge is 2.34. The summed E-state index contributed by atoms with van der Waals surface area (Å²) in [5, 5.41) is 10.7. The number of thioether (sulfide) groups is 1. The van der Waals surface area contributed by atoms with Gasteiger partial charge in [0, 0.05) is 30.4 Å². The van der Waals surface area contributed by atoms with Crippen molar-refractivity contribution in [1.29, 1.82) is 5.26 Å². The molecule has 47 heavy (non-hydrogen) atoms. The van der Waals surface area contributed by atoms with Crippen LogP contribution >= 0.6 is 24.2 Å². The van der Waals surface area contributed by atoms with E-state index in [0.717, 1.165) is 80.2 Å². The third kappa shape index (κ3) is 9.16. The van der Waals surface area contributed by atoms with Crippen LogP contribution in [-0.4, -0.2) is 55.5 Å². The Labute approximate surface area is 289 Å². The highest BCUT2D eigenvalue weighted by Crippen LogP contribution is 2.47. The molecule has 1 atom stereocenters. The molecule has 0 amide bonds. The van der Waals surface area contributed by atoms with Crippen molar-refractivity contribution in [3.63, 3.8) is 0 Å². The second-order valence-electron chi connectivity index (χ2n) is 11.7. The first kappa shape index (κ1) is 36.0.